The van der Waals surface area contributed by atoms with Crippen molar-refractivity contribution in [2.45, 2.75) is 58.3 Å². The molecular weight excluding hydrogens is 320 g/mol. The molecule has 0 radical (unpaired) electrons. The van der Waals surface area contributed by atoms with Crippen molar-refractivity contribution in [1.82, 2.24) is 25.0 Å². The van der Waals surface area contributed by atoms with Crippen LogP contribution in [0.2, 0.25) is 0 Å². The maximum absolute atomic E-state index is 11.2. The zero-order chi connectivity index (χ0) is 18.0. The van der Waals surface area contributed by atoms with E-state index >= 15 is 0 Å². The number of piperidine rings is 1. The minimum atomic E-state index is -1.06. The van der Waals surface area contributed by atoms with Crippen molar-refractivity contribution in [3.05, 3.63) is 24.3 Å². The van der Waals surface area contributed by atoms with Gasteiger partial charge in [-0.1, -0.05) is 5.21 Å². The molecule has 1 aliphatic rings. The monoisotopic (exact) mass is 346 g/mol. The average Bonchev–Trinajstić information content (AvgIpc) is 3.06. The van der Waals surface area contributed by atoms with Crippen molar-refractivity contribution in [2.24, 2.45) is 0 Å². The number of ether oxygens (including phenoxy) is 1. The fraction of sp³-hybridized carbons (Fsp3) is 0.647. The third kappa shape index (κ3) is 3.73. The second kappa shape index (κ2) is 6.95. The standard InChI is InChI=1S/C17H26N6O2/c1-12(2)23-10-14(20-21-23)17(24)6-5-9-22(11-17)15-16(25-13(3)4)19-8-7-18-15/h7-8,10,12-13,24H,5-6,9,11H2,1-4H3/t17-/m0/s1. The summed E-state index contributed by atoms with van der Waals surface area (Å²) < 4.78 is 7.54. The van der Waals surface area contributed by atoms with Gasteiger partial charge in [0.2, 0.25) is 0 Å². The van der Waals surface area contributed by atoms with Gasteiger partial charge in [-0.25, -0.2) is 14.6 Å². The molecule has 0 unspecified atom stereocenters. The second-order valence-electron chi connectivity index (χ2n) is 7.09. The SMILES string of the molecule is CC(C)Oc1nccnc1N1CCC[C@@](O)(c2cn(C(C)C)nn2)C1. The lowest BCUT2D eigenvalue weighted by Gasteiger charge is -2.38. The van der Waals surface area contributed by atoms with Crippen LogP contribution in [0.15, 0.2) is 18.6 Å². The van der Waals surface area contributed by atoms with E-state index in [-0.39, 0.29) is 12.1 Å². The summed E-state index contributed by atoms with van der Waals surface area (Å²) in [4.78, 5) is 10.8. The molecule has 2 aromatic heterocycles. The first-order chi connectivity index (χ1) is 11.9. The van der Waals surface area contributed by atoms with Gasteiger partial charge in [-0.2, -0.15) is 0 Å². The van der Waals surface area contributed by atoms with Crippen molar-refractivity contribution >= 4 is 5.82 Å². The minimum Gasteiger partial charge on any atom is -0.472 e. The van der Waals surface area contributed by atoms with E-state index in [9.17, 15) is 5.11 Å². The molecule has 0 saturated carbocycles. The molecule has 25 heavy (non-hydrogen) atoms. The summed E-state index contributed by atoms with van der Waals surface area (Å²) in [5, 5.41) is 19.5. The fourth-order valence-electron chi connectivity index (χ4n) is 3.01. The van der Waals surface area contributed by atoms with E-state index in [0.717, 1.165) is 13.0 Å². The van der Waals surface area contributed by atoms with Crippen molar-refractivity contribution in [3.63, 3.8) is 0 Å². The Morgan fingerprint density at radius 1 is 1.20 bits per heavy atom. The molecule has 1 atom stereocenters. The molecule has 0 aliphatic carbocycles. The van der Waals surface area contributed by atoms with Crippen LogP contribution in [0.1, 0.15) is 52.3 Å². The van der Waals surface area contributed by atoms with Gasteiger partial charge in [-0.15, -0.1) is 5.10 Å². The molecule has 1 fully saturated rings. The van der Waals surface area contributed by atoms with Gasteiger partial charge in [0.1, 0.15) is 11.3 Å². The topological polar surface area (TPSA) is 89.2 Å². The highest BCUT2D eigenvalue weighted by Gasteiger charge is 2.39. The number of aromatic nitrogens is 5. The highest BCUT2D eigenvalue weighted by Crippen LogP contribution is 2.34. The Balaban J connectivity index is 1.85. The third-order valence-electron chi connectivity index (χ3n) is 4.28. The predicted octanol–water partition coefficient (Wildman–Crippen LogP) is 1.92. The number of rotatable bonds is 5. The van der Waals surface area contributed by atoms with Gasteiger partial charge >= 0.3 is 0 Å². The summed E-state index contributed by atoms with van der Waals surface area (Å²) in [6.45, 7) is 9.14. The normalized spacial score (nSPS) is 21.2. The Hall–Kier alpha value is -2.22. The number of anilines is 1. The lowest BCUT2D eigenvalue weighted by Crippen LogP contribution is -2.47. The van der Waals surface area contributed by atoms with Gasteiger partial charge in [0, 0.05) is 25.0 Å². The second-order valence-corrected chi connectivity index (χ2v) is 7.09. The van der Waals surface area contributed by atoms with Gasteiger partial charge in [-0.05, 0) is 40.5 Å². The van der Waals surface area contributed by atoms with Crippen LogP contribution < -0.4 is 9.64 Å². The van der Waals surface area contributed by atoms with Crippen LogP contribution in [-0.4, -0.2) is 49.3 Å². The number of aliphatic hydroxyl groups is 1. The maximum atomic E-state index is 11.2. The largest absolute Gasteiger partial charge is 0.472 e. The molecule has 3 rings (SSSR count). The highest BCUT2D eigenvalue weighted by molar-refractivity contribution is 5.49. The molecule has 3 heterocycles. The van der Waals surface area contributed by atoms with E-state index in [4.69, 9.17) is 4.74 Å². The number of β-amino-alcohol motifs (C(OH)–C–C–N with tert-alkyl or cyclic N) is 1. The van der Waals surface area contributed by atoms with E-state index in [0.29, 0.717) is 30.4 Å². The molecule has 136 valence electrons. The van der Waals surface area contributed by atoms with Crippen LogP contribution in [0.4, 0.5) is 5.82 Å². The Kier molecular flexibility index (Phi) is 4.89. The number of hydrogen-bond donors (Lipinski definition) is 1. The molecule has 8 heteroatoms. The van der Waals surface area contributed by atoms with Gasteiger partial charge in [0.25, 0.3) is 5.88 Å². The quantitative estimate of drug-likeness (QED) is 0.884. The van der Waals surface area contributed by atoms with Crippen LogP contribution in [0.5, 0.6) is 5.88 Å². The summed E-state index contributed by atoms with van der Waals surface area (Å²) in [7, 11) is 0. The third-order valence-corrected chi connectivity index (χ3v) is 4.28. The van der Waals surface area contributed by atoms with Gasteiger partial charge in [0.05, 0.1) is 18.8 Å². The first kappa shape index (κ1) is 17.6. The van der Waals surface area contributed by atoms with Crippen molar-refractivity contribution in [1.29, 1.82) is 0 Å². The Morgan fingerprint density at radius 3 is 2.64 bits per heavy atom. The average molecular weight is 346 g/mol. The first-order valence-corrected chi connectivity index (χ1v) is 8.76. The maximum Gasteiger partial charge on any atom is 0.257 e. The first-order valence-electron chi connectivity index (χ1n) is 8.76. The van der Waals surface area contributed by atoms with Crippen LogP contribution in [0, 0.1) is 0 Å². The summed E-state index contributed by atoms with van der Waals surface area (Å²) >= 11 is 0. The molecule has 1 N–H and O–H groups in total. The molecule has 1 saturated heterocycles. The fourth-order valence-corrected chi connectivity index (χ4v) is 3.01. The van der Waals surface area contributed by atoms with Gasteiger partial charge in [0.15, 0.2) is 5.82 Å². The van der Waals surface area contributed by atoms with Crippen LogP contribution >= 0.6 is 0 Å². The molecule has 0 amide bonds. The highest BCUT2D eigenvalue weighted by atomic mass is 16.5. The van der Waals surface area contributed by atoms with Crippen molar-refractivity contribution in [2.75, 3.05) is 18.0 Å². The summed E-state index contributed by atoms with van der Waals surface area (Å²) in [5.74, 6) is 1.15. The molecule has 1 aliphatic heterocycles. The van der Waals surface area contributed by atoms with Crippen LogP contribution in [0.3, 0.4) is 0 Å². The number of nitrogens with zero attached hydrogens (tertiary/aromatic N) is 6. The molecule has 2 aromatic rings. The van der Waals surface area contributed by atoms with Crippen LogP contribution in [0.25, 0.3) is 0 Å². The smallest absolute Gasteiger partial charge is 0.257 e. The zero-order valence-electron chi connectivity index (χ0n) is 15.3. The molecular formula is C17H26N6O2. The van der Waals surface area contributed by atoms with Crippen molar-refractivity contribution < 1.29 is 9.84 Å². The Bertz CT molecular complexity index is 717. The minimum absolute atomic E-state index is 0.00469. The Labute approximate surface area is 147 Å². The van der Waals surface area contributed by atoms with Gasteiger partial charge in [-0.3, -0.25) is 0 Å². The van der Waals surface area contributed by atoms with Crippen LogP contribution in [-0.2, 0) is 5.60 Å². The molecule has 0 spiro atoms. The van der Waals surface area contributed by atoms with E-state index in [1.807, 2.05) is 38.8 Å². The number of hydrogen-bond acceptors (Lipinski definition) is 7. The summed E-state index contributed by atoms with van der Waals surface area (Å²) in [6, 6.07) is 0.204. The van der Waals surface area contributed by atoms with Crippen molar-refractivity contribution in [3.8, 4) is 5.88 Å². The molecule has 0 aromatic carbocycles. The van der Waals surface area contributed by atoms with Gasteiger partial charge < -0.3 is 14.7 Å². The van der Waals surface area contributed by atoms with E-state index in [1.165, 1.54) is 0 Å². The lowest BCUT2D eigenvalue weighted by atomic mass is 9.90. The molecule has 8 nitrogen and oxygen atoms in total. The van der Waals surface area contributed by atoms with E-state index in [2.05, 4.69) is 20.3 Å². The van der Waals surface area contributed by atoms with E-state index in [1.54, 1.807) is 17.1 Å². The van der Waals surface area contributed by atoms with E-state index < -0.39 is 5.60 Å². The Morgan fingerprint density at radius 2 is 1.96 bits per heavy atom. The predicted molar refractivity (Wildman–Crippen MR) is 93.5 cm³/mol. The molecule has 0 bridgehead atoms. The summed E-state index contributed by atoms with van der Waals surface area (Å²) in [5.41, 5.74) is -0.459. The summed E-state index contributed by atoms with van der Waals surface area (Å²) in [6.07, 6.45) is 6.56. The lowest BCUT2D eigenvalue weighted by molar-refractivity contribution is 0.0172. The zero-order valence-corrected chi connectivity index (χ0v) is 15.3.